The average molecular weight is 263 g/mol. The van der Waals surface area contributed by atoms with Gasteiger partial charge in [-0.1, -0.05) is 13.3 Å². The molecule has 0 bridgehead atoms. The number of aliphatic hydroxyl groups excluding tert-OH is 1. The van der Waals surface area contributed by atoms with Crippen LogP contribution in [0.2, 0.25) is 0 Å². The Labute approximate surface area is 105 Å². The molecule has 1 aliphatic carbocycles. The summed E-state index contributed by atoms with van der Waals surface area (Å²) in [6, 6.07) is 0.121. The van der Waals surface area contributed by atoms with Crippen molar-refractivity contribution in [2.24, 2.45) is 5.92 Å². The zero-order valence-corrected chi connectivity index (χ0v) is 11.9. The van der Waals surface area contributed by atoms with Crippen molar-refractivity contribution in [2.45, 2.75) is 44.8 Å². The van der Waals surface area contributed by atoms with Crippen LogP contribution in [0.15, 0.2) is 0 Å². The van der Waals surface area contributed by atoms with Crippen LogP contribution in [0.1, 0.15) is 32.6 Å². The van der Waals surface area contributed by atoms with Crippen LogP contribution in [0.3, 0.4) is 0 Å². The van der Waals surface area contributed by atoms with Gasteiger partial charge < -0.3 is 5.11 Å². The van der Waals surface area contributed by atoms with Gasteiger partial charge in [0.1, 0.15) is 9.84 Å². The molecule has 1 rings (SSSR count). The van der Waals surface area contributed by atoms with Crippen LogP contribution in [0, 0.1) is 5.92 Å². The Morgan fingerprint density at radius 1 is 1.35 bits per heavy atom. The van der Waals surface area contributed by atoms with Gasteiger partial charge in [-0.15, -0.1) is 0 Å². The average Bonchev–Trinajstić information content (AvgIpc) is 2.25. The minimum absolute atomic E-state index is 0.121. The SMILES string of the molecule is CCC1CCC(O)C(N(C)CCS(C)(=O)=O)C1. The Balaban J connectivity index is 2.51. The van der Waals surface area contributed by atoms with Gasteiger partial charge in [-0.05, 0) is 32.2 Å². The molecule has 0 aromatic carbocycles. The number of likely N-dealkylation sites (N-methyl/N-ethyl adjacent to an activating group) is 1. The van der Waals surface area contributed by atoms with E-state index in [1.165, 1.54) is 6.26 Å². The second kappa shape index (κ2) is 6.16. The van der Waals surface area contributed by atoms with Crippen LogP contribution in [0.4, 0.5) is 0 Å². The van der Waals surface area contributed by atoms with Gasteiger partial charge in [-0.3, -0.25) is 4.90 Å². The number of aliphatic hydroxyl groups is 1. The maximum Gasteiger partial charge on any atom is 0.148 e. The summed E-state index contributed by atoms with van der Waals surface area (Å²) in [5.41, 5.74) is 0. The Morgan fingerprint density at radius 3 is 2.53 bits per heavy atom. The quantitative estimate of drug-likeness (QED) is 0.801. The fourth-order valence-corrected chi connectivity index (χ4v) is 3.16. The minimum Gasteiger partial charge on any atom is -0.391 e. The van der Waals surface area contributed by atoms with Crippen LogP contribution in [0.5, 0.6) is 0 Å². The highest BCUT2D eigenvalue weighted by Crippen LogP contribution is 2.29. The van der Waals surface area contributed by atoms with Crippen molar-refractivity contribution in [1.29, 1.82) is 0 Å². The van der Waals surface area contributed by atoms with Crippen molar-refractivity contribution >= 4 is 9.84 Å². The van der Waals surface area contributed by atoms with Crippen LogP contribution in [-0.4, -0.2) is 56.2 Å². The molecule has 4 nitrogen and oxygen atoms in total. The van der Waals surface area contributed by atoms with Gasteiger partial charge in [0.05, 0.1) is 11.9 Å². The third kappa shape index (κ3) is 4.94. The van der Waals surface area contributed by atoms with E-state index in [0.29, 0.717) is 12.5 Å². The van der Waals surface area contributed by atoms with E-state index in [4.69, 9.17) is 0 Å². The summed E-state index contributed by atoms with van der Waals surface area (Å²) in [5.74, 6) is 0.841. The standard InChI is InChI=1S/C12H25NO3S/c1-4-10-5-6-12(14)11(9-10)13(2)7-8-17(3,15)16/h10-12,14H,4-9H2,1-3H3. The highest BCUT2D eigenvalue weighted by atomic mass is 32.2. The summed E-state index contributed by atoms with van der Waals surface area (Å²) in [5, 5.41) is 9.99. The smallest absolute Gasteiger partial charge is 0.148 e. The van der Waals surface area contributed by atoms with Gasteiger partial charge >= 0.3 is 0 Å². The lowest BCUT2D eigenvalue weighted by atomic mass is 9.82. The van der Waals surface area contributed by atoms with Crippen molar-refractivity contribution < 1.29 is 13.5 Å². The summed E-state index contributed by atoms with van der Waals surface area (Å²) in [6.45, 7) is 2.69. The monoisotopic (exact) mass is 263 g/mol. The summed E-state index contributed by atoms with van der Waals surface area (Å²) in [6.07, 6.45) is 5.01. The van der Waals surface area contributed by atoms with Gasteiger partial charge in [0.2, 0.25) is 0 Å². The second-order valence-electron chi connectivity index (χ2n) is 5.33. The van der Waals surface area contributed by atoms with Crippen LogP contribution in [0.25, 0.3) is 0 Å². The Hall–Kier alpha value is -0.130. The molecular formula is C12H25NO3S. The molecule has 5 heteroatoms. The lowest BCUT2D eigenvalue weighted by Gasteiger charge is -2.38. The van der Waals surface area contributed by atoms with Gasteiger partial charge in [-0.25, -0.2) is 8.42 Å². The van der Waals surface area contributed by atoms with E-state index in [-0.39, 0.29) is 17.9 Å². The number of hydrogen-bond acceptors (Lipinski definition) is 4. The summed E-state index contributed by atoms with van der Waals surface area (Å²) in [7, 11) is -1.00. The molecule has 3 atom stereocenters. The second-order valence-corrected chi connectivity index (χ2v) is 7.59. The van der Waals surface area contributed by atoms with E-state index in [9.17, 15) is 13.5 Å². The molecule has 0 aromatic heterocycles. The molecule has 0 amide bonds. The van der Waals surface area contributed by atoms with E-state index in [0.717, 1.165) is 25.7 Å². The van der Waals surface area contributed by atoms with E-state index >= 15 is 0 Å². The third-order valence-electron chi connectivity index (χ3n) is 3.85. The molecule has 0 spiro atoms. The molecule has 102 valence electrons. The maximum atomic E-state index is 11.1. The van der Waals surface area contributed by atoms with E-state index in [2.05, 4.69) is 6.92 Å². The first-order valence-electron chi connectivity index (χ1n) is 6.39. The first-order valence-corrected chi connectivity index (χ1v) is 8.45. The number of sulfone groups is 1. The Bertz CT molecular complexity index is 329. The van der Waals surface area contributed by atoms with Crippen molar-refractivity contribution in [1.82, 2.24) is 4.90 Å². The first kappa shape index (κ1) is 14.9. The van der Waals surface area contributed by atoms with E-state index < -0.39 is 9.84 Å². The maximum absolute atomic E-state index is 11.1. The Kier molecular flexibility index (Phi) is 5.41. The molecule has 0 aliphatic heterocycles. The Morgan fingerprint density at radius 2 is 2.00 bits per heavy atom. The topological polar surface area (TPSA) is 57.6 Å². The molecule has 1 N–H and O–H groups in total. The molecule has 1 aliphatic rings. The highest BCUT2D eigenvalue weighted by molar-refractivity contribution is 7.90. The van der Waals surface area contributed by atoms with Crippen LogP contribution in [-0.2, 0) is 9.84 Å². The lowest BCUT2D eigenvalue weighted by Crippen LogP contribution is -2.46. The summed E-state index contributed by atoms with van der Waals surface area (Å²) in [4.78, 5) is 2.01. The number of rotatable bonds is 5. The fourth-order valence-electron chi connectivity index (χ4n) is 2.54. The normalized spacial score (nSPS) is 30.8. The van der Waals surface area contributed by atoms with E-state index in [1.54, 1.807) is 0 Å². The van der Waals surface area contributed by atoms with E-state index in [1.807, 2.05) is 11.9 Å². The van der Waals surface area contributed by atoms with Crippen molar-refractivity contribution in [3.63, 3.8) is 0 Å². The minimum atomic E-state index is -2.92. The van der Waals surface area contributed by atoms with Crippen molar-refractivity contribution in [2.75, 3.05) is 25.6 Å². The molecule has 0 aromatic rings. The third-order valence-corrected chi connectivity index (χ3v) is 4.77. The van der Waals surface area contributed by atoms with Crippen LogP contribution < -0.4 is 0 Å². The van der Waals surface area contributed by atoms with Crippen LogP contribution >= 0.6 is 0 Å². The lowest BCUT2D eigenvalue weighted by molar-refractivity contribution is 0.0160. The molecule has 0 radical (unpaired) electrons. The molecule has 1 fully saturated rings. The number of nitrogens with zero attached hydrogens (tertiary/aromatic N) is 1. The largest absolute Gasteiger partial charge is 0.391 e. The predicted molar refractivity (Wildman–Crippen MR) is 69.8 cm³/mol. The van der Waals surface area contributed by atoms with Gasteiger partial charge in [-0.2, -0.15) is 0 Å². The molecule has 3 unspecified atom stereocenters. The van der Waals surface area contributed by atoms with Gasteiger partial charge in [0, 0.05) is 18.8 Å². The summed E-state index contributed by atoms with van der Waals surface area (Å²) >= 11 is 0. The summed E-state index contributed by atoms with van der Waals surface area (Å²) < 4.78 is 22.3. The molecular weight excluding hydrogens is 238 g/mol. The number of hydrogen-bond donors (Lipinski definition) is 1. The highest BCUT2D eigenvalue weighted by Gasteiger charge is 2.31. The van der Waals surface area contributed by atoms with Crippen molar-refractivity contribution in [3.8, 4) is 0 Å². The fraction of sp³-hybridized carbons (Fsp3) is 1.00. The molecule has 17 heavy (non-hydrogen) atoms. The van der Waals surface area contributed by atoms with Crippen molar-refractivity contribution in [3.05, 3.63) is 0 Å². The van der Waals surface area contributed by atoms with Gasteiger partial charge in [0.15, 0.2) is 0 Å². The molecule has 0 saturated heterocycles. The predicted octanol–water partition coefficient (Wildman–Crippen LogP) is 0.902. The zero-order chi connectivity index (χ0) is 13.1. The van der Waals surface area contributed by atoms with Gasteiger partial charge in [0.25, 0.3) is 0 Å². The molecule has 0 heterocycles. The first-order chi connectivity index (χ1) is 7.83. The molecule has 1 saturated carbocycles. The zero-order valence-electron chi connectivity index (χ0n) is 11.1.